The molecule has 1 aliphatic carbocycles. The second-order valence-electron chi connectivity index (χ2n) is 7.05. The Balaban J connectivity index is 1.67. The Bertz CT molecular complexity index is 925. The summed E-state index contributed by atoms with van der Waals surface area (Å²) >= 11 is 0. The lowest BCUT2D eigenvalue weighted by molar-refractivity contribution is -0.142. The van der Waals surface area contributed by atoms with Crippen LogP contribution in [0.1, 0.15) is 43.5 Å². The van der Waals surface area contributed by atoms with Gasteiger partial charge in [0.15, 0.2) is 0 Å². The first-order chi connectivity index (χ1) is 13.2. The van der Waals surface area contributed by atoms with Crippen molar-refractivity contribution in [1.82, 2.24) is 19.7 Å². The average molecular weight is 397 g/mol. The third-order valence-corrected chi connectivity index (χ3v) is 4.97. The maximum atomic E-state index is 13.0. The number of ether oxygens (including phenoxy) is 2. The number of aromatic nitrogens is 4. The van der Waals surface area contributed by atoms with Crippen LogP contribution in [0.15, 0.2) is 12.3 Å². The van der Waals surface area contributed by atoms with E-state index in [1.165, 1.54) is 0 Å². The highest BCUT2D eigenvalue weighted by atomic mass is 19.4. The summed E-state index contributed by atoms with van der Waals surface area (Å²) in [5.41, 5.74) is -1.36. The maximum Gasteiger partial charge on any atom is 0.423 e. The van der Waals surface area contributed by atoms with E-state index < -0.39 is 23.0 Å². The zero-order valence-corrected chi connectivity index (χ0v) is 15.2. The van der Waals surface area contributed by atoms with Crippen molar-refractivity contribution in [3.63, 3.8) is 0 Å². The van der Waals surface area contributed by atoms with E-state index in [4.69, 9.17) is 9.47 Å². The highest BCUT2D eigenvalue weighted by Crippen LogP contribution is 2.41. The van der Waals surface area contributed by atoms with Crippen molar-refractivity contribution in [2.45, 2.75) is 43.8 Å². The number of halogens is 3. The molecule has 1 aliphatic heterocycles. The first kappa shape index (κ1) is 18.5. The molecule has 2 aromatic rings. The van der Waals surface area contributed by atoms with Gasteiger partial charge in [-0.15, -0.1) is 0 Å². The SMILES string of the molecule is COc1nc(Nc2cc([C@@]3(C)CCOC3=O)nn2C2CC2)ncc1C(F)(F)F. The minimum atomic E-state index is -4.62. The van der Waals surface area contributed by atoms with Crippen molar-refractivity contribution in [3.8, 4) is 5.88 Å². The second-order valence-corrected chi connectivity index (χ2v) is 7.05. The van der Waals surface area contributed by atoms with E-state index in [9.17, 15) is 18.0 Å². The number of carbonyl (C=O) groups excluding carboxylic acids is 1. The minimum absolute atomic E-state index is 0.0580. The number of alkyl halides is 3. The van der Waals surface area contributed by atoms with Crippen molar-refractivity contribution < 1.29 is 27.4 Å². The molecule has 1 atom stereocenters. The number of esters is 1. The molecular weight excluding hydrogens is 379 g/mol. The van der Waals surface area contributed by atoms with Gasteiger partial charge in [-0.05, 0) is 19.8 Å². The summed E-state index contributed by atoms with van der Waals surface area (Å²) in [4.78, 5) is 19.7. The van der Waals surface area contributed by atoms with E-state index in [-0.39, 0.29) is 18.0 Å². The minimum Gasteiger partial charge on any atom is -0.480 e. The van der Waals surface area contributed by atoms with Gasteiger partial charge in [0, 0.05) is 18.7 Å². The van der Waals surface area contributed by atoms with Crippen molar-refractivity contribution in [2.75, 3.05) is 19.0 Å². The van der Waals surface area contributed by atoms with Gasteiger partial charge in [0.2, 0.25) is 11.8 Å². The highest BCUT2D eigenvalue weighted by Gasteiger charge is 2.45. The normalized spacial score (nSPS) is 22.2. The van der Waals surface area contributed by atoms with Crippen LogP contribution in [0.5, 0.6) is 5.88 Å². The number of carbonyl (C=O) groups is 1. The molecule has 28 heavy (non-hydrogen) atoms. The van der Waals surface area contributed by atoms with Crippen LogP contribution in [-0.4, -0.2) is 39.4 Å². The molecule has 8 nitrogen and oxygen atoms in total. The van der Waals surface area contributed by atoms with Crippen LogP contribution < -0.4 is 10.1 Å². The maximum absolute atomic E-state index is 13.0. The highest BCUT2D eigenvalue weighted by molar-refractivity contribution is 5.84. The second kappa shape index (κ2) is 6.35. The molecule has 4 rings (SSSR count). The molecule has 0 radical (unpaired) electrons. The number of nitrogens with zero attached hydrogens (tertiary/aromatic N) is 4. The fourth-order valence-electron chi connectivity index (χ4n) is 3.09. The summed E-state index contributed by atoms with van der Waals surface area (Å²) in [6.07, 6.45) is -1.59. The Morgan fingerprint density at radius 3 is 2.71 bits per heavy atom. The zero-order chi connectivity index (χ0) is 20.1. The molecule has 0 amide bonds. The quantitative estimate of drug-likeness (QED) is 0.776. The largest absolute Gasteiger partial charge is 0.480 e. The molecule has 3 heterocycles. The van der Waals surface area contributed by atoms with Crippen molar-refractivity contribution >= 4 is 17.7 Å². The number of cyclic esters (lactones) is 1. The van der Waals surface area contributed by atoms with E-state index in [0.29, 0.717) is 30.7 Å². The molecule has 1 saturated heterocycles. The monoisotopic (exact) mass is 397 g/mol. The van der Waals surface area contributed by atoms with Gasteiger partial charge >= 0.3 is 12.1 Å². The Hall–Kier alpha value is -2.85. The van der Waals surface area contributed by atoms with E-state index in [1.807, 2.05) is 0 Å². The number of hydrogen-bond acceptors (Lipinski definition) is 7. The third-order valence-electron chi connectivity index (χ3n) is 4.97. The van der Waals surface area contributed by atoms with Gasteiger partial charge < -0.3 is 14.8 Å². The molecule has 11 heteroatoms. The van der Waals surface area contributed by atoms with Gasteiger partial charge in [-0.25, -0.2) is 9.67 Å². The smallest absolute Gasteiger partial charge is 0.423 e. The molecule has 2 aromatic heterocycles. The number of hydrogen-bond donors (Lipinski definition) is 1. The summed E-state index contributed by atoms with van der Waals surface area (Å²) in [5.74, 6) is -0.474. The van der Waals surface area contributed by atoms with Gasteiger partial charge in [0.25, 0.3) is 0 Å². The van der Waals surface area contributed by atoms with Crippen LogP contribution in [0, 0.1) is 0 Å². The topological polar surface area (TPSA) is 91.2 Å². The van der Waals surface area contributed by atoms with E-state index in [2.05, 4.69) is 20.4 Å². The number of anilines is 2. The molecular formula is C17H18F3N5O3. The van der Waals surface area contributed by atoms with Crippen LogP contribution in [0.4, 0.5) is 24.9 Å². The third kappa shape index (κ3) is 3.14. The molecule has 0 bridgehead atoms. The summed E-state index contributed by atoms with van der Waals surface area (Å²) in [7, 11) is 1.11. The fraction of sp³-hybridized carbons (Fsp3) is 0.529. The summed E-state index contributed by atoms with van der Waals surface area (Å²) < 4.78 is 50.5. The lowest BCUT2D eigenvalue weighted by Crippen LogP contribution is -2.28. The number of methoxy groups -OCH3 is 1. The standard InChI is InChI=1S/C17H18F3N5O3/c1-16(5-6-28-14(16)26)11-7-12(25(24-11)9-3-4-9)22-15-21-8-10(17(18,19)20)13(23-15)27-2/h7-9H,3-6H2,1-2H3,(H,21,22,23)/t16-/m1/s1. The first-order valence-corrected chi connectivity index (χ1v) is 8.75. The Morgan fingerprint density at radius 2 is 2.14 bits per heavy atom. The van der Waals surface area contributed by atoms with Crippen LogP contribution >= 0.6 is 0 Å². The van der Waals surface area contributed by atoms with Gasteiger partial charge in [-0.3, -0.25) is 4.79 Å². The van der Waals surface area contributed by atoms with Crippen molar-refractivity contribution in [2.24, 2.45) is 0 Å². The molecule has 0 unspecified atom stereocenters. The summed E-state index contributed by atoms with van der Waals surface area (Å²) in [6.45, 7) is 2.09. The molecule has 2 aliphatic rings. The van der Waals surface area contributed by atoms with Gasteiger partial charge in [0.05, 0.1) is 25.5 Å². The predicted molar refractivity (Wildman–Crippen MR) is 90.3 cm³/mol. The zero-order valence-electron chi connectivity index (χ0n) is 15.2. The number of rotatable bonds is 5. The Morgan fingerprint density at radius 1 is 1.39 bits per heavy atom. The van der Waals surface area contributed by atoms with Crippen LogP contribution in [0.2, 0.25) is 0 Å². The van der Waals surface area contributed by atoms with Gasteiger partial charge in [-0.2, -0.15) is 23.3 Å². The van der Waals surface area contributed by atoms with Crippen LogP contribution in [-0.2, 0) is 21.1 Å². The Kier molecular flexibility index (Phi) is 4.20. The molecule has 150 valence electrons. The van der Waals surface area contributed by atoms with E-state index in [0.717, 1.165) is 20.0 Å². The van der Waals surface area contributed by atoms with Crippen LogP contribution in [0.25, 0.3) is 0 Å². The molecule has 2 fully saturated rings. The van der Waals surface area contributed by atoms with Gasteiger partial charge in [-0.1, -0.05) is 0 Å². The summed E-state index contributed by atoms with van der Waals surface area (Å²) in [6, 6.07) is 1.85. The van der Waals surface area contributed by atoms with Crippen molar-refractivity contribution in [3.05, 3.63) is 23.5 Å². The average Bonchev–Trinajstić information content (AvgIpc) is 3.31. The molecule has 0 spiro atoms. The van der Waals surface area contributed by atoms with E-state index >= 15 is 0 Å². The van der Waals surface area contributed by atoms with Gasteiger partial charge in [0.1, 0.15) is 16.8 Å². The molecule has 1 N–H and O–H groups in total. The predicted octanol–water partition coefficient (Wildman–Crippen LogP) is 2.98. The lowest BCUT2D eigenvalue weighted by atomic mass is 9.85. The van der Waals surface area contributed by atoms with Crippen LogP contribution in [0.3, 0.4) is 0 Å². The molecule has 0 aromatic carbocycles. The fourth-order valence-corrected chi connectivity index (χ4v) is 3.09. The van der Waals surface area contributed by atoms with E-state index in [1.54, 1.807) is 17.7 Å². The Labute approximate surface area is 158 Å². The summed E-state index contributed by atoms with van der Waals surface area (Å²) in [5, 5.41) is 7.46. The van der Waals surface area contributed by atoms with Crippen molar-refractivity contribution in [1.29, 1.82) is 0 Å². The number of nitrogens with one attached hydrogen (secondary N) is 1. The lowest BCUT2D eigenvalue weighted by Gasteiger charge is -2.15. The molecule has 1 saturated carbocycles. The first-order valence-electron chi connectivity index (χ1n) is 8.75.